The van der Waals surface area contributed by atoms with Gasteiger partial charge in [-0.05, 0) is 19.3 Å². The van der Waals surface area contributed by atoms with Crippen LogP contribution < -0.4 is 11.3 Å². The molecule has 15 heavy (non-hydrogen) atoms. The summed E-state index contributed by atoms with van der Waals surface area (Å²) in [7, 11) is 0. The molecule has 0 bridgehead atoms. The summed E-state index contributed by atoms with van der Waals surface area (Å²) < 4.78 is 5.56. The Morgan fingerprint density at radius 1 is 1.60 bits per heavy atom. The topological polar surface area (TPSA) is 73.1 Å². The van der Waals surface area contributed by atoms with Gasteiger partial charge in [-0.15, -0.1) is 0 Å². The van der Waals surface area contributed by atoms with Crippen LogP contribution in [0.2, 0.25) is 0 Å². The summed E-state index contributed by atoms with van der Waals surface area (Å²) >= 11 is 0. The molecule has 1 saturated heterocycles. The predicted octanol–water partition coefficient (Wildman–Crippen LogP) is 0.550. The number of hydrazine groups is 1. The zero-order valence-electron chi connectivity index (χ0n) is 8.60. The third kappa shape index (κ3) is 2.71. The highest BCUT2D eigenvalue weighted by Crippen LogP contribution is 2.22. The Labute approximate surface area is 89.0 Å². The molecule has 5 heteroatoms. The SMILES string of the molecule is NNC(CC1CCCO1)c1cnccn1. The predicted molar refractivity (Wildman–Crippen MR) is 55.7 cm³/mol. The minimum absolute atomic E-state index is 0.0294. The summed E-state index contributed by atoms with van der Waals surface area (Å²) in [6.07, 6.45) is 8.47. The average molecular weight is 208 g/mol. The van der Waals surface area contributed by atoms with Crippen LogP contribution in [0.5, 0.6) is 0 Å². The molecule has 1 fully saturated rings. The molecular weight excluding hydrogens is 192 g/mol. The lowest BCUT2D eigenvalue weighted by Gasteiger charge is -2.18. The second-order valence-corrected chi connectivity index (χ2v) is 3.72. The van der Waals surface area contributed by atoms with E-state index in [9.17, 15) is 0 Å². The van der Waals surface area contributed by atoms with E-state index in [0.29, 0.717) is 6.10 Å². The minimum atomic E-state index is 0.0294. The molecule has 3 N–H and O–H groups in total. The molecule has 2 heterocycles. The van der Waals surface area contributed by atoms with Crippen LogP contribution in [0.4, 0.5) is 0 Å². The number of hydrogen-bond donors (Lipinski definition) is 2. The van der Waals surface area contributed by atoms with Crippen molar-refractivity contribution in [3.05, 3.63) is 24.3 Å². The molecule has 2 rings (SSSR count). The van der Waals surface area contributed by atoms with Gasteiger partial charge in [-0.3, -0.25) is 21.2 Å². The van der Waals surface area contributed by atoms with Gasteiger partial charge >= 0.3 is 0 Å². The highest BCUT2D eigenvalue weighted by Gasteiger charge is 2.21. The van der Waals surface area contributed by atoms with Crippen LogP contribution in [0.3, 0.4) is 0 Å². The van der Waals surface area contributed by atoms with Gasteiger partial charge in [0.2, 0.25) is 0 Å². The van der Waals surface area contributed by atoms with Crippen molar-refractivity contribution >= 4 is 0 Å². The van der Waals surface area contributed by atoms with Crippen molar-refractivity contribution in [2.45, 2.75) is 31.4 Å². The molecule has 1 aliphatic rings. The van der Waals surface area contributed by atoms with Gasteiger partial charge in [0.15, 0.2) is 0 Å². The Bertz CT molecular complexity index is 287. The van der Waals surface area contributed by atoms with Gasteiger partial charge in [-0.1, -0.05) is 0 Å². The summed E-state index contributed by atoms with van der Waals surface area (Å²) in [5, 5.41) is 0. The monoisotopic (exact) mass is 208 g/mol. The Morgan fingerprint density at radius 2 is 2.53 bits per heavy atom. The van der Waals surface area contributed by atoms with Crippen molar-refractivity contribution in [2.75, 3.05) is 6.61 Å². The fraction of sp³-hybridized carbons (Fsp3) is 0.600. The number of rotatable bonds is 4. The van der Waals surface area contributed by atoms with Gasteiger partial charge in [0.05, 0.1) is 24.0 Å². The molecule has 0 aliphatic carbocycles. The van der Waals surface area contributed by atoms with E-state index in [4.69, 9.17) is 10.6 Å². The van der Waals surface area contributed by atoms with Crippen LogP contribution in [-0.2, 0) is 4.74 Å². The molecule has 0 radical (unpaired) electrons. The molecule has 0 amide bonds. The molecule has 0 aromatic carbocycles. The maximum Gasteiger partial charge on any atom is 0.0770 e. The highest BCUT2D eigenvalue weighted by atomic mass is 16.5. The number of aromatic nitrogens is 2. The number of hydrogen-bond acceptors (Lipinski definition) is 5. The van der Waals surface area contributed by atoms with Gasteiger partial charge < -0.3 is 4.74 Å². The van der Waals surface area contributed by atoms with E-state index < -0.39 is 0 Å². The second-order valence-electron chi connectivity index (χ2n) is 3.72. The highest BCUT2D eigenvalue weighted by molar-refractivity contribution is 5.02. The molecule has 1 aliphatic heterocycles. The molecule has 1 aromatic heterocycles. The minimum Gasteiger partial charge on any atom is -0.378 e. The second kappa shape index (κ2) is 5.16. The number of nitrogens with zero attached hydrogens (tertiary/aromatic N) is 2. The fourth-order valence-electron chi connectivity index (χ4n) is 1.86. The van der Waals surface area contributed by atoms with Crippen LogP contribution >= 0.6 is 0 Å². The first-order chi connectivity index (χ1) is 7.40. The van der Waals surface area contributed by atoms with E-state index in [2.05, 4.69) is 15.4 Å². The van der Waals surface area contributed by atoms with Crippen molar-refractivity contribution in [1.82, 2.24) is 15.4 Å². The summed E-state index contributed by atoms with van der Waals surface area (Å²) in [5.41, 5.74) is 3.63. The van der Waals surface area contributed by atoms with Crippen LogP contribution in [0.25, 0.3) is 0 Å². The lowest BCUT2D eigenvalue weighted by molar-refractivity contribution is 0.0941. The van der Waals surface area contributed by atoms with E-state index >= 15 is 0 Å². The van der Waals surface area contributed by atoms with Crippen molar-refractivity contribution in [3.63, 3.8) is 0 Å². The quantitative estimate of drug-likeness (QED) is 0.558. The summed E-state index contributed by atoms with van der Waals surface area (Å²) in [6.45, 7) is 0.864. The zero-order chi connectivity index (χ0) is 10.5. The van der Waals surface area contributed by atoms with E-state index in [-0.39, 0.29) is 6.04 Å². The summed E-state index contributed by atoms with van der Waals surface area (Å²) in [5.74, 6) is 5.51. The van der Waals surface area contributed by atoms with E-state index in [1.807, 2.05) is 0 Å². The Kier molecular flexibility index (Phi) is 3.60. The molecule has 0 spiro atoms. The summed E-state index contributed by atoms with van der Waals surface area (Å²) in [6, 6.07) is 0.0294. The van der Waals surface area contributed by atoms with Crippen molar-refractivity contribution < 1.29 is 4.74 Å². The average Bonchev–Trinajstić information content (AvgIpc) is 2.80. The number of nitrogens with one attached hydrogen (secondary N) is 1. The Balaban J connectivity index is 1.97. The fourth-order valence-corrected chi connectivity index (χ4v) is 1.86. The van der Waals surface area contributed by atoms with Crippen LogP contribution in [-0.4, -0.2) is 22.7 Å². The lowest BCUT2D eigenvalue weighted by Crippen LogP contribution is -2.31. The van der Waals surface area contributed by atoms with Crippen LogP contribution in [0.15, 0.2) is 18.6 Å². The third-order valence-electron chi connectivity index (χ3n) is 2.66. The van der Waals surface area contributed by atoms with Gasteiger partial charge in [0.1, 0.15) is 0 Å². The standard InChI is InChI=1S/C10H16N4O/c11-14-9(6-8-2-1-5-15-8)10-7-12-3-4-13-10/h3-4,7-9,14H,1-2,5-6,11H2. The van der Waals surface area contributed by atoms with Gasteiger partial charge in [0.25, 0.3) is 0 Å². The first-order valence-electron chi connectivity index (χ1n) is 5.24. The first-order valence-corrected chi connectivity index (χ1v) is 5.24. The number of nitrogens with two attached hydrogens (primary N) is 1. The number of ether oxygens (including phenoxy) is 1. The summed E-state index contributed by atoms with van der Waals surface area (Å²) in [4.78, 5) is 8.26. The maximum atomic E-state index is 5.56. The molecule has 0 saturated carbocycles. The normalized spacial score (nSPS) is 22.9. The third-order valence-corrected chi connectivity index (χ3v) is 2.66. The van der Waals surface area contributed by atoms with Crippen molar-refractivity contribution in [1.29, 1.82) is 0 Å². The van der Waals surface area contributed by atoms with Crippen LogP contribution in [0.1, 0.15) is 31.0 Å². The molecule has 82 valence electrons. The van der Waals surface area contributed by atoms with Crippen molar-refractivity contribution in [3.8, 4) is 0 Å². The van der Waals surface area contributed by atoms with E-state index in [0.717, 1.165) is 31.6 Å². The lowest BCUT2D eigenvalue weighted by atomic mass is 10.1. The first kappa shape index (κ1) is 10.5. The van der Waals surface area contributed by atoms with Gasteiger partial charge in [-0.2, -0.15) is 0 Å². The van der Waals surface area contributed by atoms with E-state index in [1.54, 1.807) is 18.6 Å². The van der Waals surface area contributed by atoms with Gasteiger partial charge in [0, 0.05) is 19.0 Å². The van der Waals surface area contributed by atoms with Gasteiger partial charge in [-0.25, -0.2) is 0 Å². The Hall–Kier alpha value is -1.04. The molecule has 2 unspecified atom stereocenters. The molecule has 2 atom stereocenters. The maximum absolute atomic E-state index is 5.56. The van der Waals surface area contributed by atoms with Crippen LogP contribution in [0, 0.1) is 0 Å². The molecular formula is C10H16N4O. The molecule has 5 nitrogen and oxygen atoms in total. The molecule has 1 aromatic rings. The van der Waals surface area contributed by atoms with Crippen molar-refractivity contribution in [2.24, 2.45) is 5.84 Å². The smallest absolute Gasteiger partial charge is 0.0770 e. The van der Waals surface area contributed by atoms with E-state index in [1.165, 1.54) is 0 Å². The Morgan fingerprint density at radius 3 is 3.13 bits per heavy atom. The zero-order valence-corrected chi connectivity index (χ0v) is 8.60. The largest absolute Gasteiger partial charge is 0.378 e.